The molecule has 4 nitrogen and oxygen atoms in total. The van der Waals surface area contributed by atoms with E-state index in [-0.39, 0.29) is 11.9 Å². The second-order valence-electron chi connectivity index (χ2n) is 4.95. The maximum Gasteiger partial charge on any atom is 0.224 e. The van der Waals surface area contributed by atoms with Crippen LogP contribution in [0.1, 0.15) is 30.6 Å². The molecule has 0 aliphatic heterocycles. The molecule has 1 aromatic heterocycles. The van der Waals surface area contributed by atoms with E-state index in [9.17, 15) is 4.79 Å². The van der Waals surface area contributed by atoms with Crippen LogP contribution in [0.25, 0.3) is 0 Å². The molecule has 0 spiro atoms. The third kappa shape index (κ3) is 4.39. The van der Waals surface area contributed by atoms with Crippen LogP contribution in [0.2, 0.25) is 0 Å². The first-order valence-corrected chi connectivity index (χ1v) is 7.19. The molecule has 0 bridgehead atoms. The fourth-order valence-electron chi connectivity index (χ4n) is 2.20. The van der Waals surface area contributed by atoms with E-state index < -0.39 is 0 Å². The quantitative estimate of drug-likeness (QED) is 0.886. The van der Waals surface area contributed by atoms with E-state index in [2.05, 4.69) is 4.98 Å². The maximum absolute atomic E-state index is 12.4. The summed E-state index contributed by atoms with van der Waals surface area (Å²) in [5, 5.41) is 0. The summed E-state index contributed by atoms with van der Waals surface area (Å²) in [7, 11) is 0. The lowest BCUT2D eigenvalue weighted by Crippen LogP contribution is -2.33. The molecular formula is C17H21N3O. The van der Waals surface area contributed by atoms with Gasteiger partial charge in [-0.05, 0) is 24.6 Å². The Morgan fingerprint density at radius 2 is 1.90 bits per heavy atom. The summed E-state index contributed by atoms with van der Waals surface area (Å²) in [5.74, 6) is 0.0551. The molecule has 21 heavy (non-hydrogen) atoms. The van der Waals surface area contributed by atoms with E-state index in [1.807, 2.05) is 55.5 Å². The van der Waals surface area contributed by atoms with Gasteiger partial charge in [0.1, 0.15) is 0 Å². The van der Waals surface area contributed by atoms with Crippen molar-refractivity contribution >= 4 is 5.91 Å². The molecule has 0 saturated carbocycles. The standard InChI is InChI=1S/C17H21N3O/c1-2-20(13-15-10-6-7-11-19-15)17(21)12-16(18)14-8-4-3-5-9-14/h3-11,16H,2,12-13,18H2,1H3. The number of carbonyl (C=O) groups is 1. The van der Waals surface area contributed by atoms with Crippen LogP contribution in [0.15, 0.2) is 54.7 Å². The first kappa shape index (κ1) is 15.2. The van der Waals surface area contributed by atoms with Crippen molar-refractivity contribution in [3.8, 4) is 0 Å². The van der Waals surface area contributed by atoms with Crippen molar-refractivity contribution in [2.45, 2.75) is 25.9 Å². The zero-order chi connectivity index (χ0) is 15.1. The summed E-state index contributed by atoms with van der Waals surface area (Å²) in [4.78, 5) is 18.4. The number of rotatable bonds is 6. The minimum Gasteiger partial charge on any atom is -0.337 e. The van der Waals surface area contributed by atoms with Gasteiger partial charge in [0, 0.05) is 25.2 Å². The lowest BCUT2D eigenvalue weighted by atomic mass is 10.0. The number of benzene rings is 1. The normalized spacial score (nSPS) is 11.9. The van der Waals surface area contributed by atoms with E-state index in [1.165, 1.54) is 0 Å². The fourth-order valence-corrected chi connectivity index (χ4v) is 2.20. The molecule has 1 heterocycles. The van der Waals surface area contributed by atoms with Crippen molar-refractivity contribution in [3.05, 3.63) is 66.0 Å². The summed E-state index contributed by atoms with van der Waals surface area (Å²) >= 11 is 0. The molecule has 1 aromatic carbocycles. The van der Waals surface area contributed by atoms with Crippen LogP contribution in [-0.2, 0) is 11.3 Å². The number of pyridine rings is 1. The highest BCUT2D eigenvalue weighted by molar-refractivity contribution is 5.77. The molecule has 1 amide bonds. The Kier molecular flexibility index (Phi) is 5.46. The van der Waals surface area contributed by atoms with Gasteiger partial charge in [0.05, 0.1) is 12.2 Å². The van der Waals surface area contributed by atoms with E-state index in [4.69, 9.17) is 5.73 Å². The van der Waals surface area contributed by atoms with Crippen LogP contribution in [-0.4, -0.2) is 22.3 Å². The van der Waals surface area contributed by atoms with Crippen LogP contribution in [0.3, 0.4) is 0 Å². The first-order valence-electron chi connectivity index (χ1n) is 7.19. The average molecular weight is 283 g/mol. The second kappa shape index (κ2) is 7.55. The molecule has 1 atom stereocenters. The van der Waals surface area contributed by atoms with Crippen molar-refractivity contribution < 1.29 is 4.79 Å². The van der Waals surface area contributed by atoms with Crippen LogP contribution >= 0.6 is 0 Å². The second-order valence-corrected chi connectivity index (χ2v) is 4.95. The Morgan fingerprint density at radius 3 is 2.52 bits per heavy atom. The minimum atomic E-state index is -0.267. The molecule has 110 valence electrons. The Bertz CT molecular complexity index is 557. The molecule has 0 radical (unpaired) electrons. The summed E-state index contributed by atoms with van der Waals surface area (Å²) < 4.78 is 0. The van der Waals surface area contributed by atoms with Crippen molar-refractivity contribution in [2.75, 3.05) is 6.54 Å². The first-order chi connectivity index (χ1) is 10.2. The van der Waals surface area contributed by atoms with Crippen LogP contribution in [0.4, 0.5) is 0 Å². The number of amides is 1. The molecule has 2 rings (SSSR count). The van der Waals surface area contributed by atoms with E-state index in [0.29, 0.717) is 19.5 Å². The highest BCUT2D eigenvalue weighted by Crippen LogP contribution is 2.15. The van der Waals surface area contributed by atoms with E-state index >= 15 is 0 Å². The van der Waals surface area contributed by atoms with Gasteiger partial charge in [-0.1, -0.05) is 36.4 Å². The minimum absolute atomic E-state index is 0.0551. The molecule has 0 saturated heterocycles. The predicted molar refractivity (Wildman–Crippen MR) is 83.3 cm³/mol. The van der Waals surface area contributed by atoms with Gasteiger partial charge in [-0.25, -0.2) is 0 Å². The lowest BCUT2D eigenvalue weighted by molar-refractivity contribution is -0.132. The molecule has 0 aliphatic carbocycles. The van der Waals surface area contributed by atoms with Crippen LogP contribution < -0.4 is 5.73 Å². The summed E-state index contributed by atoms with van der Waals surface area (Å²) in [6.45, 7) is 3.14. The van der Waals surface area contributed by atoms with Crippen molar-refractivity contribution in [3.63, 3.8) is 0 Å². The van der Waals surface area contributed by atoms with Gasteiger partial charge in [0.25, 0.3) is 0 Å². The Labute approximate surface area is 125 Å². The molecule has 0 aliphatic rings. The van der Waals surface area contributed by atoms with Gasteiger partial charge in [0.15, 0.2) is 0 Å². The molecule has 2 N–H and O–H groups in total. The average Bonchev–Trinajstić information content (AvgIpc) is 2.54. The number of hydrogen-bond acceptors (Lipinski definition) is 3. The zero-order valence-corrected chi connectivity index (χ0v) is 12.3. The van der Waals surface area contributed by atoms with Crippen LogP contribution in [0.5, 0.6) is 0 Å². The van der Waals surface area contributed by atoms with Gasteiger partial charge in [-0.2, -0.15) is 0 Å². The number of carbonyl (C=O) groups excluding carboxylic acids is 1. The Hall–Kier alpha value is -2.20. The van der Waals surface area contributed by atoms with Crippen molar-refractivity contribution in [1.82, 2.24) is 9.88 Å². The zero-order valence-electron chi connectivity index (χ0n) is 12.3. The Balaban J connectivity index is 1.97. The SMILES string of the molecule is CCN(Cc1ccccn1)C(=O)CC(N)c1ccccc1. The number of nitrogens with two attached hydrogens (primary N) is 1. The number of hydrogen-bond donors (Lipinski definition) is 1. The van der Waals surface area contributed by atoms with Gasteiger partial charge >= 0.3 is 0 Å². The van der Waals surface area contributed by atoms with E-state index in [0.717, 1.165) is 11.3 Å². The topological polar surface area (TPSA) is 59.2 Å². The third-order valence-electron chi connectivity index (χ3n) is 3.44. The van der Waals surface area contributed by atoms with Crippen molar-refractivity contribution in [2.24, 2.45) is 5.73 Å². The largest absolute Gasteiger partial charge is 0.337 e. The van der Waals surface area contributed by atoms with Gasteiger partial charge in [-0.15, -0.1) is 0 Å². The third-order valence-corrected chi connectivity index (χ3v) is 3.44. The molecule has 0 fully saturated rings. The smallest absolute Gasteiger partial charge is 0.224 e. The van der Waals surface area contributed by atoms with Gasteiger partial charge in [-0.3, -0.25) is 9.78 Å². The fraction of sp³-hybridized carbons (Fsp3) is 0.294. The molecular weight excluding hydrogens is 262 g/mol. The number of nitrogens with zero attached hydrogens (tertiary/aromatic N) is 2. The Morgan fingerprint density at radius 1 is 1.19 bits per heavy atom. The summed E-state index contributed by atoms with van der Waals surface area (Å²) in [5.41, 5.74) is 7.99. The lowest BCUT2D eigenvalue weighted by Gasteiger charge is -2.22. The summed E-state index contributed by atoms with van der Waals surface area (Å²) in [6, 6.07) is 15.2. The monoisotopic (exact) mass is 283 g/mol. The molecule has 2 aromatic rings. The van der Waals surface area contributed by atoms with Gasteiger partial charge in [0.2, 0.25) is 5.91 Å². The van der Waals surface area contributed by atoms with E-state index in [1.54, 1.807) is 11.1 Å². The maximum atomic E-state index is 12.4. The number of aromatic nitrogens is 1. The highest BCUT2D eigenvalue weighted by Gasteiger charge is 2.17. The van der Waals surface area contributed by atoms with Crippen LogP contribution in [0, 0.1) is 0 Å². The predicted octanol–water partition coefficient (Wildman–Crippen LogP) is 2.52. The summed E-state index contributed by atoms with van der Waals surface area (Å²) in [6.07, 6.45) is 2.05. The molecule has 4 heteroatoms. The van der Waals surface area contributed by atoms with Gasteiger partial charge < -0.3 is 10.6 Å². The van der Waals surface area contributed by atoms with Crippen molar-refractivity contribution in [1.29, 1.82) is 0 Å². The molecule has 1 unspecified atom stereocenters. The highest BCUT2D eigenvalue weighted by atomic mass is 16.2.